The van der Waals surface area contributed by atoms with Crippen molar-refractivity contribution in [2.45, 2.75) is 24.8 Å². The first-order valence-electron chi connectivity index (χ1n) is 9.38. The van der Waals surface area contributed by atoms with E-state index in [-0.39, 0.29) is 18.2 Å². The van der Waals surface area contributed by atoms with E-state index in [1.807, 2.05) is 29.2 Å². The standard InChI is InChI=1S/C20H22N4O3/c25-18(4-2-14-1-3-16-17(11-14)27-13-26-16)24-9-6-20(7-10-24)19-15(5-8-23-20)21-12-22-19/h1-4,11-12,23H,5-10,13H2,(H,21,22)/b4-2+. The molecular formula is C20H22N4O3. The zero-order chi connectivity index (χ0) is 18.3. The van der Waals surface area contributed by atoms with Gasteiger partial charge in [0.2, 0.25) is 12.7 Å². The lowest BCUT2D eigenvalue weighted by molar-refractivity contribution is -0.127. The van der Waals surface area contributed by atoms with E-state index < -0.39 is 0 Å². The highest BCUT2D eigenvalue weighted by atomic mass is 16.7. The summed E-state index contributed by atoms with van der Waals surface area (Å²) in [5.41, 5.74) is 3.20. The Morgan fingerprint density at radius 1 is 1.22 bits per heavy atom. The second-order valence-corrected chi connectivity index (χ2v) is 7.26. The third-order valence-electron chi connectivity index (χ3n) is 5.75. The van der Waals surface area contributed by atoms with E-state index in [0.717, 1.165) is 61.7 Å². The van der Waals surface area contributed by atoms with Gasteiger partial charge in [-0.25, -0.2) is 4.98 Å². The molecule has 0 unspecified atom stereocenters. The molecule has 4 heterocycles. The van der Waals surface area contributed by atoms with Gasteiger partial charge in [-0.1, -0.05) is 6.07 Å². The van der Waals surface area contributed by atoms with E-state index in [4.69, 9.17) is 9.47 Å². The van der Waals surface area contributed by atoms with E-state index >= 15 is 0 Å². The summed E-state index contributed by atoms with van der Waals surface area (Å²) in [6.45, 7) is 2.66. The molecular weight excluding hydrogens is 344 g/mol. The van der Waals surface area contributed by atoms with Crippen molar-refractivity contribution >= 4 is 12.0 Å². The number of carbonyl (C=O) groups excluding carboxylic acids is 1. The van der Waals surface area contributed by atoms with E-state index in [1.54, 1.807) is 12.4 Å². The maximum Gasteiger partial charge on any atom is 0.246 e. The van der Waals surface area contributed by atoms with Gasteiger partial charge in [0.15, 0.2) is 11.5 Å². The largest absolute Gasteiger partial charge is 0.454 e. The number of nitrogens with one attached hydrogen (secondary N) is 2. The predicted octanol–water partition coefficient (Wildman–Crippen LogP) is 1.82. The van der Waals surface area contributed by atoms with Crippen LogP contribution in [0, 0.1) is 0 Å². The summed E-state index contributed by atoms with van der Waals surface area (Å²) >= 11 is 0. The predicted molar refractivity (Wildman–Crippen MR) is 99.4 cm³/mol. The minimum atomic E-state index is -0.0919. The Hall–Kier alpha value is -2.80. The number of aromatic amines is 1. The molecule has 0 atom stereocenters. The summed E-state index contributed by atoms with van der Waals surface area (Å²) in [5, 5.41) is 3.65. The molecule has 7 heteroatoms. The van der Waals surface area contributed by atoms with Crippen LogP contribution in [0.2, 0.25) is 0 Å². The van der Waals surface area contributed by atoms with Gasteiger partial charge >= 0.3 is 0 Å². The normalized spacial score (nSPS) is 20.2. The van der Waals surface area contributed by atoms with E-state index in [1.165, 1.54) is 5.69 Å². The Morgan fingerprint density at radius 2 is 2.07 bits per heavy atom. The number of amides is 1. The van der Waals surface area contributed by atoms with Crippen LogP contribution in [0.25, 0.3) is 6.08 Å². The van der Waals surface area contributed by atoms with Crippen molar-refractivity contribution in [3.05, 3.63) is 47.6 Å². The first-order chi connectivity index (χ1) is 13.2. The summed E-state index contributed by atoms with van der Waals surface area (Å²) in [4.78, 5) is 22.3. The molecule has 27 heavy (non-hydrogen) atoms. The number of hydrogen-bond acceptors (Lipinski definition) is 5. The highest BCUT2D eigenvalue weighted by Gasteiger charge is 2.41. The number of nitrogens with zero attached hydrogens (tertiary/aromatic N) is 2. The van der Waals surface area contributed by atoms with Gasteiger partial charge in [0.1, 0.15) is 0 Å². The van der Waals surface area contributed by atoms with Gasteiger partial charge in [-0.2, -0.15) is 0 Å². The average molecular weight is 366 g/mol. The van der Waals surface area contributed by atoms with Crippen LogP contribution in [0.3, 0.4) is 0 Å². The van der Waals surface area contributed by atoms with Crippen LogP contribution in [0.4, 0.5) is 0 Å². The SMILES string of the molecule is O=C(/C=C/c1ccc2c(c1)OCO2)N1CCC2(CC1)NCCc1[nH]cnc12. The quantitative estimate of drug-likeness (QED) is 0.793. The van der Waals surface area contributed by atoms with Gasteiger partial charge in [0, 0.05) is 37.8 Å². The van der Waals surface area contributed by atoms with E-state index in [0.29, 0.717) is 0 Å². The molecule has 1 spiro atoms. The maximum absolute atomic E-state index is 12.6. The molecule has 1 saturated heterocycles. The lowest BCUT2D eigenvalue weighted by atomic mass is 9.80. The average Bonchev–Trinajstić information content (AvgIpc) is 3.36. The molecule has 3 aliphatic rings. The van der Waals surface area contributed by atoms with Gasteiger partial charge in [-0.3, -0.25) is 4.79 Å². The summed E-state index contributed by atoms with van der Waals surface area (Å²) in [5.74, 6) is 1.51. The smallest absolute Gasteiger partial charge is 0.246 e. The second kappa shape index (κ2) is 6.42. The summed E-state index contributed by atoms with van der Waals surface area (Å²) < 4.78 is 10.7. The van der Waals surface area contributed by atoms with Crippen molar-refractivity contribution in [1.29, 1.82) is 0 Å². The van der Waals surface area contributed by atoms with Gasteiger partial charge in [0.05, 0.1) is 17.6 Å². The summed E-state index contributed by atoms with van der Waals surface area (Å²) in [6, 6.07) is 5.68. The molecule has 2 aromatic rings. The molecule has 0 saturated carbocycles. The number of benzene rings is 1. The number of carbonyl (C=O) groups is 1. The molecule has 1 amide bonds. The van der Waals surface area contributed by atoms with Gasteiger partial charge < -0.3 is 24.7 Å². The van der Waals surface area contributed by atoms with Crippen molar-refractivity contribution in [3.63, 3.8) is 0 Å². The number of fused-ring (bicyclic) bond motifs is 3. The zero-order valence-corrected chi connectivity index (χ0v) is 15.0. The molecule has 7 nitrogen and oxygen atoms in total. The zero-order valence-electron chi connectivity index (χ0n) is 15.0. The fraction of sp³-hybridized carbons (Fsp3) is 0.400. The number of rotatable bonds is 2. The highest BCUT2D eigenvalue weighted by molar-refractivity contribution is 5.92. The fourth-order valence-corrected chi connectivity index (χ4v) is 4.25. The number of H-pyrrole nitrogens is 1. The van der Waals surface area contributed by atoms with Crippen LogP contribution in [0.5, 0.6) is 11.5 Å². The van der Waals surface area contributed by atoms with Crippen molar-refractivity contribution < 1.29 is 14.3 Å². The summed E-state index contributed by atoms with van der Waals surface area (Å²) in [6.07, 6.45) is 8.01. The lowest BCUT2D eigenvalue weighted by Gasteiger charge is -2.43. The maximum atomic E-state index is 12.6. The van der Waals surface area contributed by atoms with Crippen LogP contribution < -0.4 is 14.8 Å². The summed E-state index contributed by atoms with van der Waals surface area (Å²) in [7, 11) is 0. The van der Waals surface area contributed by atoms with Crippen molar-refractivity contribution in [1.82, 2.24) is 20.2 Å². The van der Waals surface area contributed by atoms with Crippen LogP contribution in [-0.4, -0.2) is 47.2 Å². The topological polar surface area (TPSA) is 79.5 Å². The molecule has 1 aromatic heterocycles. The third kappa shape index (κ3) is 2.88. The van der Waals surface area contributed by atoms with Crippen molar-refractivity contribution in [3.8, 4) is 11.5 Å². The van der Waals surface area contributed by atoms with Gasteiger partial charge in [-0.05, 0) is 36.6 Å². The molecule has 5 rings (SSSR count). The molecule has 3 aliphatic heterocycles. The number of piperidine rings is 1. The number of likely N-dealkylation sites (tertiary alicyclic amines) is 1. The van der Waals surface area contributed by atoms with Gasteiger partial charge in [-0.15, -0.1) is 0 Å². The van der Waals surface area contributed by atoms with Crippen LogP contribution >= 0.6 is 0 Å². The Kier molecular flexibility index (Phi) is 3.89. The number of aromatic nitrogens is 2. The Morgan fingerprint density at radius 3 is 2.96 bits per heavy atom. The first kappa shape index (κ1) is 16.4. The van der Waals surface area contributed by atoms with Gasteiger partial charge in [0.25, 0.3) is 0 Å². The van der Waals surface area contributed by atoms with Crippen molar-refractivity contribution in [2.24, 2.45) is 0 Å². The van der Waals surface area contributed by atoms with Crippen LogP contribution in [-0.2, 0) is 16.8 Å². The number of ether oxygens (including phenoxy) is 2. The molecule has 1 fully saturated rings. The molecule has 0 aliphatic carbocycles. The van der Waals surface area contributed by atoms with Crippen LogP contribution in [0.15, 0.2) is 30.6 Å². The molecule has 140 valence electrons. The molecule has 1 aromatic carbocycles. The second-order valence-electron chi connectivity index (χ2n) is 7.26. The highest BCUT2D eigenvalue weighted by Crippen LogP contribution is 2.36. The molecule has 0 bridgehead atoms. The molecule has 0 radical (unpaired) electrons. The van der Waals surface area contributed by atoms with E-state index in [2.05, 4.69) is 15.3 Å². The molecule has 2 N–H and O–H groups in total. The fourth-order valence-electron chi connectivity index (χ4n) is 4.25. The number of imidazole rings is 1. The number of hydrogen-bond donors (Lipinski definition) is 2. The Balaban J connectivity index is 1.24. The Bertz CT molecular complexity index is 896. The third-order valence-corrected chi connectivity index (χ3v) is 5.75. The van der Waals surface area contributed by atoms with Crippen LogP contribution in [0.1, 0.15) is 29.8 Å². The Labute approximate surface area is 157 Å². The minimum absolute atomic E-state index is 0.0422. The minimum Gasteiger partial charge on any atom is -0.454 e. The van der Waals surface area contributed by atoms with E-state index in [9.17, 15) is 4.79 Å². The first-order valence-corrected chi connectivity index (χ1v) is 9.38. The lowest BCUT2D eigenvalue weighted by Crippen LogP contribution is -2.55. The monoisotopic (exact) mass is 366 g/mol. The van der Waals surface area contributed by atoms with Crippen molar-refractivity contribution in [2.75, 3.05) is 26.4 Å².